The number of nitrogens with one attached hydrogen (secondary N) is 2. The quantitative estimate of drug-likeness (QED) is 0.620. The van der Waals surface area contributed by atoms with Gasteiger partial charge in [-0.1, -0.05) is 24.4 Å². The van der Waals surface area contributed by atoms with Gasteiger partial charge in [-0.3, -0.25) is 4.79 Å². The standard InChI is InChI=1S/C21H24N4O3/c26-19(12-13-20-24-21(25-28-20)18-7-4-14-27-18)23-17-10-8-16(9-11-17)22-15-5-2-1-3-6-15/h4,7-11,14-15,22H,1-3,5-6,12-13H2,(H,23,26). The molecular formula is C21H24N4O3. The highest BCUT2D eigenvalue weighted by atomic mass is 16.5. The van der Waals surface area contributed by atoms with Gasteiger partial charge in [0.2, 0.25) is 17.6 Å². The molecule has 0 spiro atoms. The van der Waals surface area contributed by atoms with Crippen molar-refractivity contribution in [1.82, 2.24) is 10.1 Å². The molecule has 1 saturated carbocycles. The van der Waals surface area contributed by atoms with E-state index in [2.05, 4.69) is 20.8 Å². The Morgan fingerprint density at radius 1 is 1.07 bits per heavy atom. The lowest BCUT2D eigenvalue weighted by molar-refractivity contribution is -0.116. The van der Waals surface area contributed by atoms with Gasteiger partial charge in [-0.2, -0.15) is 4.98 Å². The number of furan rings is 1. The summed E-state index contributed by atoms with van der Waals surface area (Å²) in [5, 5.41) is 10.3. The molecule has 0 unspecified atom stereocenters. The molecule has 0 saturated heterocycles. The van der Waals surface area contributed by atoms with Gasteiger partial charge in [-0.05, 0) is 49.2 Å². The fourth-order valence-corrected chi connectivity index (χ4v) is 3.44. The van der Waals surface area contributed by atoms with E-state index in [1.54, 1.807) is 18.4 Å². The first-order valence-corrected chi connectivity index (χ1v) is 9.79. The van der Waals surface area contributed by atoms with E-state index >= 15 is 0 Å². The lowest BCUT2D eigenvalue weighted by Gasteiger charge is -2.23. The Bertz CT molecular complexity index is 881. The molecule has 0 radical (unpaired) electrons. The Hall–Kier alpha value is -3.09. The molecule has 1 amide bonds. The van der Waals surface area contributed by atoms with E-state index in [4.69, 9.17) is 8.94 Å². The van der Waals surface area contributed by atoms with Crippen molar-refractivity contribution < 1.29 is 13.7 Å². The first-order chi connectivity index (χ1) is 13.8. The van der Waals surface area contributed by atoms with Crippen LogP contribution in [0, 0.1) is 0 Å². The molecule has 0 atom stereocenters. The van der Waals surface area contributed by atoms with Crippen LogP contribution in [-0.4, -0.2) is 22.1 Å². The zero-order chi connectivity index (χ0) is 19.2. The third-order valence-electron chi connectivity index (χ3n) is 4.92. The Kier molecular flexibility index (Phi) is 5.70. The Labute approximate surface area is 163 Å². The Morgan fingerprint density at radius 2 is 1.86 bits per heavy atom. The largest absolute Gasteiger partial charge is 0.461 e. The minimum absolute atomic E-state index is 0.0919. The molecule has 0 aliphatic heterocycles. The number of benzene rings is 1. The molecule has 3 aromatic rings. The molecule has 2 heterocycles. The van der Waals surface area contributed by atoms with Gasteiger partial charge in [-0.15, -0.1) is 0 Å². The second-order valence-electron chi connectivity index (χ2n) is 7.09. The van der Waals surface area contributed by atoms with Gasteiger partial charge in [0.1, 0.15) is 0 Å². The zero-order valence-electron chi connectivity index (χ0n) is 15.7. The molecule has 7 heteroatoms. The predicted octanol–water partition coefficient (Wildman–Crippen LogP) is 4.65. The molecule has 1 aliphatic carbocycles. The molecule has 1 aromatic carbocycles. The second-order valence-corrected chi connectivity index (χ2v) is 7.09. The van der Waals surface area contributed by atoms with Crippen molar-refractivity contribution >= 4 is 17.3 Å². The summed E-state index contributed by atoms with van der Waals surface area (Å²) >= 11 is 0. The Balaban J connectivity index is 1.24. The summed E-state index contributed by atoms with van der Waals surface area (Å²) in [5.41, 5.74) is 1.88. The highest BCUT2D eigenvalue weighted by molar-refractivity contribution is 5.90. The normalized spacial score (nSPS) is 14.7. The van der Waals surface area contributed by atoms with Crippen molar-refractivity contribution in [2.45, 2.75) is 51.0 Å². The van der Waals surface area contributed by atoms with Gasteiger partial charge in [0, 0.05) is 30.3 Å². The van der Waals surface area contributed by atoms with E-state index in [9.17, 15) is 4.79 Å². The van der Waals surface area contributed by atoms with Crippen LogP contribution in [0.15, 0.2) is 51.6 Å². The van der Waals surface area contributed by atoms with Gasteiger partial charge in [0.15, 0.2) is 5.76 Å². The first-order valence-electron chi connectivity index (χ1n) is 9.79. The van der Waals surface area contributed by atoms with Crippen molar-refractivity contribution in [1.29, 1.82) is 0 Å². The van der Waals surface area contributed by atoms with Crippen molar-refractivity contribution in [3.8, 4) is 11.6 Å². The molecule has 0 bridgehead atoms. The van der Waals surface area contributed by atoms with Gasteiger partial charge in [0.25, 0.3) is 0 Å². The highest BCUT2D eigenvalue weighted by Gasteiger charge is 2.14. The van der Waals surface area contributed by atoms with Crippen LogP contribution >= 0.6 is 0 Å². The van der Waals surface area contributed by atoms with Crippen molar-refractivity contribution in [3.05, 3.63) is 48.6 Å². The highest BCUT2D eigenvalue weighted by Crippen LogP contribution is 2.22. The fourth-order valence-electron chi connectivity index (χ4n) is 3.44. The lowest BCUT2D eigenvalue weighted by atomic mass is 9.95. The van der Waals surface area contributed by atoms with Gasteiger partial charge >= 0.3 is 0 Å². The summed E-state index contributed by atoms with van der Waals surface area (Å²) in [6.45, 7) is 0. The van der Waals surface area contributed by atoms with Crippen molar-refractivity contribution in [3.63, 3.8) is 0 Å². The van der Waals surface area contributed by atoms with E-state index in [-0.39, 0.29) is 12.3 Å². The summed E-state index contributed by atoms with van der Waals surface area (Å²) in [4.78, 5) is 16.4. The maximum atomic E-state index is 12.2. The summed E-state index contributed by atoms with van der Waals surface area (Å²) < 4.78 is 10.4. The average molecular weight is 380 g/mol. The van der Waals surface area contributed by atoms with E-state index in [0.717, 1.165) is 11.4 Å². The van der Waals surface area contributed by atoms with Crippen LogP contribution in [0.3, 0.4) is 0 Å². The molecule has 1 fully saturated rings. The van der Waals surface area contributed by atoms with Crippen LogP contribution in [0.5, 0.6) is 0 Å². The molecule has 28 heavy (non-hydrogen) atoms. The van der Waals surface area contributed by atoms with Crippen LogP contribution < -0.4 is 10.6 Å². The number of aryl methyl sites for hydroxylation is 1. The third kappa shape index (κ3) is 4.79. The number of aromatic nitrogens is 2. The summed E-state index contributed by atoms with van der Waals surface area (Å²) in [5.74, 6) is 1.25. The number of carbonyl (C=O) groups excluding carboxylic acids is 1. The number of hydrogen-bond donors (Lipinski definition) is 2. The maximum Gasteiger partial charge on any atom is 0.238 e. The number of nitrogens with zero attached hydrogens (tertiary/aromatic N) is 2. The molecule has 4 rings (SSSR count). The van der Waals surface area contributed by atoms with Gasteiger partial charge < -0.3 is 19.6 Å². The number of anilines is 2. The molecular weight excluding hydrogens is 356 g/mol. The monoisotopic (exact) mass is 380 g/mol. The molecule has 7 nitrogen and oxygen atoms in total. The third-order valence-corrected chi connectivity index (χ3v) is 4.92. The Morgan fingerprint density at radius 3 is 2.61 bits per heavy atom. The molecule has 2 N–H and O–H groups in total. The summed E-state index contributed by atoms with van der Waals surface area (Å²) in [6.07, 6.45) is 8.60. The number of rotatable bonds is 7. The number of carbonyl (C=O) groups is 1. The predicted molar refractivity (Wildman–Crippen MR) is 106 cm³/mol. The van der Waals surface area contributed by atoms with E-state index in [1.165, 1.54) is 32.1 Å². The smallest absolute Gasteiger partial charge is 0.238 e. The topological polar surface area (TPSA) is 93.2 Å². The van der Waals surface area contributed by atoms with Crippen molar-refractivity contribution in [2.24, 2.45) is 0 Å². The van der Waals surface area contributed by atoms with Crippen LogP contribution in [0.4, 0.5) is 11.4 Å². The second kappa shape index (κ2) is 8.73. The van der Waals surface area contributed by atoms with Crippen molar-refractivity contribution in [2.75, 3.05) is 10.6 Å². The van der Waals surface area contributed by atoms with Crippen LogP contribution in [0.25, 0.3) is 11.6 Å². The number of hydrogen-bond acceptors (Lipinski definition) is 6. The minimum Gasteiger partial charge on any atom is -0.461 e. The van der Waals surface area contributed by atoms with Crippen LogP contribution in [0.1, 0.15) is 44.4 Å². The lowest BCUT2D eigenvalue weighted by Crippen LogP contribution is -2.22. The molecule has 1 aliphatic rings. The van der Waals surface area contributed by atoms with E-state index in [0.29, 0.717) is 29.9 Å². The minimum atomic E-state index is -0.0919. The zero-order valence-corrected chi connectivity index (χ0v) is 15.7. The molecule has 146 valence electrons. The SMILES string of the molecule is O=C(CCc1nc(-c2ccco2)no1)Nc1ccc(NC2CCCCC2)cc1. The molecule has 2 aromatic heterocycles. The van der Waals surface area contributed by atoms with Crippen LogP contribution in [0.2, 0.25) is 0 Å². The first kappa shape index (κ1) is 18.3. The van der Waals surface area contributed by atoms with Gasteiger partial charge in [-0.25, -0.2) is 0 Å². The average Bonchev–Trinajstić information content (AvgIpc) is 3.41. The summed E-state index contributed by atoms with van der Waals surface area (Å²) in [7, 11) is 0. The number of amides is 1. The van der Waals surface area contributed by atoms with E-state index in [1.807, 2.05) is 24.3 Å². The van der Waals surface area contributed by atoms with Gasteiger partial charge in [0.05, 0.1) is 6.26 Å². The van der Waals surface area contributed by atoms with E-state index < -0.39 is 0 Å². The summed E-state index contributed by atoms with van der Waals surface area (Å²) in [6, 6.07) is 11.9. The van der Waals surface area contributed by atoms with Crippen LogP contribution in [-0.2, 0) is 11.2 Å². The maximum absolute atomic E-state index is 12.2. The fraction of sp³-hybridized carbons (Fsp3) is 0.381.